The number of Topliss-reactive ketones (excluding diaryl/α,β-unsaturated/α-hetero) is 1. The monoisotopic (exact) mass is 277 g/mol. The third kappa shape index (κ3) is 1.85. The van der Waals surface area contributed by atoms with Crippen LogP contribution < -0.4 is 0 Å². The van der Waals surface area contributed by atoms with E-state index in [1.165, 1.54) is 10.9 Å². The Labute approximate surface area is 122 Å². The minimum absolute atomic E-state index is 0.0863. The van der Waals surface area contributed by atoms with E-state index in [1.807, 2.05) is 24.3 Å². The number of aryl methyl sites for hydroxylation is 2. The number of furan rings is 1. The lowest BCUT2D eigenvalue weighted by Crippen LogP contribution is -2.13. The van der Waals surface area contributed by atoms with Crippen molar-refractivity contribution in [2.75, 3.05) is 0 Å². The molecule has 1 N–H and O–H groups in total. The molecule has 1 aliphatic rings. The molecule has 0 saturated carbocycles. The maximum atomic E-state index is 12.7. The fourth-order valence-corrected chi connectivity index (χ4v) is 3.09. The highest BCUT2D eigenvalue weighted by Crippen LogP contribution is 2.33. The molecule has 0 saturated heterocycles. The fourth-order valence-electron chi connectivity index (χ4n) is 3.09. The second-order valence-electron chi connectivity index (χ2n) is 5.49. The summed E-state index contributed by atoms with van der Waals surface area (Å²) in [5.74, 6) is 0.817. The van der Waals surface area contributed by atoms with Crippen LogP contribution in [0.3, 0.4) is 0 Å². The van der Waals surface area contributed by atoms with Crippen molar-refractivity contribution in [3.8, 4) is 0 Å². The van der Waals surface area contributed by atoms with Crippen LogP contribution in [0.25, 0.3) is 17.0 Å². The van der Waals surface area contributed by atoms with Gasteiger partial charge in [0.2, 0.25) is 5.78 Å². The molecule has 0 unspecified atom stereocenters. The minimum Gasteiger partial charge on any atom is -0.465 e. The van der Waals surface area contributed by atoms with Crippen molar-refractivity contribution in [2.24, 2.45) is 0 Å². The number of ketones is 1. The molecular weight excluding hydrogens is 262 g/mol. The molecule has 0 spiro atoms. The third-order valence-corrected chi connectivity index (χ3v) is 4.17. The van der Waals surface area contributed by atoms with Gasteiger partial charge in [-0.2, -0.15) is 0 Å². The first-order valence-electron chi connectivity index (χ1n) is 7.13. The molecule has 2 aromatic heterocycles. The summed E-state index contributed by atoms with van der Waals surface area (Å²) in [4.78, 5) is 16.0. The summed E-state index contributed by atoms with van der Waals surface area (Å²) in [6.45, 7) is 2.06. The highest BCUT2D eigenvalue weighted by molar-refractivity contribution is 6.15. The number of hydrogen-bond acceptors (Lipinski definition) is 2. The normalized spacial score (nSPS) is 16.6. The van der Waals surface area contributed by atoms with Crippen LogP contribution in [0.4, 0.5) is 0 Å². The second kappa shape index (κ2) is 4.48. The molecule has 0 bridgehead atoms. The predicted molar refractivity (Wildman–Crippen MR) is 82.4 cm³/mol. The zero-order valence-electron chi connectivity index (χ0n) is 11.8. The van der Waals surface area contributed by atoms with Gasteiger partial charge in [-0.15, -0.1) is 0 Å². The first-order chi connectivity index (χ1) is 10.2. The average molecular weight is 277 g/mol. The lowest BCUT2D eigenvalue weighted by Gasteiger charge is -2.13. The number of nitrogens with one attached hydrogen (secondary N) is 1. The van der Waals surface area contributed by atoms with E-state index >= 15 is 0 Å². The number of allylic oxidation sites excluding steroid dienone is 1. The molecule has 4 rings (SSSR count). The Hall–Kier alpha value is -2.55. The highest BCUT2D eigenvalue weighted by Gasteiger charge is 2.26. The Morgan fingerprint density at radius 1 is 1.19 bits per heavy atom. The van der Waals surface area contributed by atoms with Gasteiger partial charge in [0.1, 0.15) is 5.76 Å². The van der Waals surface area contributed by atoms with Crippen molar-refractivity contribution >= 4 is 22.8 Å². The van der Waals surface area contributed by atoms with E-state index in [0.29, 0.717) is 0 Å². The van der Waals surface area contributed by atoms with Gasteiger partial charge >= 0.3 is 0 Å². The fraction of sp³-hybridized carbons (Fsp3) is 0.167. The Morgan fingerprint density at radius 3 is 2.90 bits per heavy atom. The Kier molecular flexibility index (Phi) is 2.61. The number of benzene rings is 1. The molecular formula is C18H15NO2. The van der Waals surface area contributed by atoms with E-state index in [1.54, 1.807) is 6.26 Å². The van der Waals surface area contributed by atoms with Crippen LogP contribution >= 0.6 is 0 Å². The van der Waals surface area contributed by atoms with Crippen LogP contribution in [-0.2, 0) is 6.42 Å². The molecule has 0 aliphatic heterocycles. The number of rotatable bonds is 1. The van der Waals surface area contributed by atoms with Gasteiger partial charge < -0.3 is 9.40 Å². The summed E-state index contributed by atoms with van der Waals surface area (Å²) in [5.41, 5.74) is 4.95. The summed E-state index contributed by atoms with van der Waals surface area (Å²) in [5, 5.41) is 1.18. The first kappa shape index (κ1) is 12.2. The number of carbonyl (C=O) groups excluding carboxylic acids is 1. The van der Waals surface area contributed by atoms with Gasteiger partial charge in [0, 0.05) is 16.5 Å². The first-order valence-corrected chi connectivity index (χ1v) is 7.13. The molecule has 3 nitrogen and oxygen atoms in total. The van der Waals surface area contributed by atoms with E-state index in [2.05, 4.69) is 24.0 Å². The van der Waals surface area contributed by atoms with E-state index in [-0.39, 0.29) is 5.78 Å². The van der Waals surface area contributed by atoms with Crippen molar-refractivity contribution in [1.29, 1.82) is 0 Å². The SMILES string of the molecule is Cc1cccc2c3c([nH]c12)C(=O)/C(=C/c1ccco1)CC3. The number of para-hydroxylation sites is 1. The number of aromatic nitrogens is 1. The van der Waals surface area contributed by atoms with Gasteiger partial charge in [-0.3, -0.25) is 4.79 Å². The maximum Gasteiger partial charge on any atom is 0.205 e. The van der Waals surface area contributed by atoms with Gasteiger partial charge in [-0.05, 0) is 49.1 Å². The molecule has 0 atom stereocenters. The van der Waals surface area contributed by atoms with Crippen molar-refractivity contribution in [3.63, 3.8) is 0 Å². The van der Waals surface area contributed by atoms with E-state index < -0.39 is 0 Å². The number of fused-ring (bicyclic) bond motifs is 3. The number of aromatic amines is 1. The van der Waals surface area contributed by atoms with Crippen molar-refractivity contribution < 1.29 is 9.21 Å². The van der Waals surface area contributed by atoms with Crippen LogP contribution in [0.15, 0.2) is 46.6 Å². The Bertz CT molecular complexity index is 866. The third-order valence-electron chi connectivity index (χ3n) is 4.17. The van der Waals surface area contributed by atoms with Crippen LogP contribution in [-0.4, -0.2) is 10.8 Å². The lowest BCUT2D eigenvalue weighted by molar-refractivity contribution is 0.102. The van der Waals surface area contributed by atoms with Crippen LogP contribution in [0.5, 0.6) is 0 Å². The Balaban J connectivity index is 1.85. The van der Waals surface area contributed by atoms with E-state index in [4.69, 9.17) is 4.42 Å². The largest absolute Gasteiger partial charge is 0.465 e. The molecule has 0 fully saturated rings. The second-order valence-corrected chi connectivity index (χ2v) is 5.49. The summed E-state index contributed by atoms with van der Waals surface area (Å²) in [7, 11) is 0. The molecule has 2 heterocycles. The van der Waals surface area contributed by atoms with Crippen molar-refractivity contribution in [2.45, 2.75) is 19.8 Å². The number of H-pyrrole nitrogens is 1. The van der Waals surface area contributed by atoms with Gasteiger partial charge in [0.15, 0.2) is 0 Å². The van der Waals surface area contributed by atoms with E-state index in [0.717, 1.165) is 40.9 Å². The van der Waals surface area contributed by atoms with Gasteiger partial charge in [-0.25, -0.2) is 0 Å². The van der Waals surface area contributed by atoms with Crippen molar-refractivity contribution in [1.82, 2.24) is 4.98 Å². The molecule has 1 aliphatic carbocycles. The zero-order chi connectivity index (χ0) is 14.4. The molecule has 0 radical (unpaired) electrons. The maximum absolute atomic E-state index is 12.7. The summed E-state index contributed by atoms with van der Waals surface area (Å²) in [6, 6.07) is 9.90. The average Bonchev–Trinajstić information content (AvgIpc) is 3.10. The minimum atomic E-state index is 0.0863. The predicted octanol–water partition coefficient (Wildman–Crippen LogP) is 4.28. The number of hydrogen-bond donors (Lipinski definition) is 1. The summed E-state index contributed by atoms with van der Waals surface area (Å²) in [6.07, 6.45) is 5.12. The molecule has 21 heavy (non-hydrogen) atoms. The smallest absolute Gasteiger partial charge is 0.205 e. The van der Waals surface area contributed by atoms with Crippen molar-refractivity contribution in [3.05, 3.63) is 64.7 Å². The summed E-state index contributed by atoms with van der Waals surface area (Å²) < 4.78 is 5.31. The van der Waals surface area contributed by atoms with Crippen LogP contribution in [0.1, 0.15) is 33.8 Å². The highest BCUT2D eigenvalue weighted by atomic mass is 16.3. The Morgan fingerprint density at radius 2 is 2.10 bits per heavy atom. The van der Waals surface area contributed by atoms with E-state index in [9.17, 15) is 4.79 Å². The number of carbonyl (C=O) groups is 1. The van der Waals surface area contributed by atoms with Crippen LogP contribution in [0.2, 0.25) is 0 Å². The lowest BCUT2D eigenvalue weighted by atomic mass is 9.89. The molecule has 3 heteroatoms. The van der Waals surface area contributed by atoms with Gasteiger partial charge in [-0.1, -0.05) is 18.2 Å². The molecule has 104 valence electrons. The van der Waals surface area contributed by atoms with Crippen LogP contribution in [0, 0.1) is 6.92 Å². The zero-order valence-corrected chi connectivity index (χ0v) is 11.8. The standard InChI is InChI=1S/C18H15NO2/c1-11-4-2-6-14-15-8-7-12(10-13-5-3-9-21-13)18(20)17(15)19-16(11)14/h2-6,9-10,19H,7-8H2,1H3/b12-10+. The topological polar surface area (TPSA) is 46.0 Å². The molecule has 3 aromatic rings. The summed E-state index contributed by atoms with van der Waals surface area (Å²) >= 11 is 0. The quantitative estimate of drug-likeness (QED) is 0.675. The van der Waals surface area contributed by atoms with Gasteiger partial charge in [0.25, 0.3) is 0 Å². The molecule has 1 aromatic carbocycles. The van der Waals surface area contributed by atoms with Gasteiger partial charge in [0.05, 0.1) is 12.0 Å². The molecule has 0 amide bonds.